The molecule has 0 atom stereocenters. The lowest BCUT2D eigenvalue weighted by Gasteiger charge is -2.24. The van der Waals surface area contributed by atoms with E-state index >= 15 is 0 Å². The fourth-order valence-electron chi connectivity index (χ4n) is 2.59. The van der Waals surface area contributed by atoms with E-state index < -0.39 is 0 Å². The largest absolute Gasteiger partial charge is 0.377 e. The van der Waals surface area contributed by atoms with Crippen molar-refractivity contribution in [1.82, 2.24) is 5.32 Å². The molecule has 2 aliphatic carbocycles. The van der Waals surface area contributed by atoms with E-state index in [0.717, 1.165) is 37.8 Å². The van der Waals surface area contributed by atoms with Crippen molar-refractivity contribution < 1.29 is 9.59 Å². The van der Waals surface area contributed by atoms with Gasteiger partial charge >= 0.3 is 0 Å². The van der Waals surface area contributed by atoms with Crippen LogP contribution in [0.25, 0.3) is 0 Å². The molecule has 0 aromatic heterocycles. The molecule has 5 nitrogen and oxygen atoms in total. The van der Waals surface area contributed by atoms with Crippen LogP contribution in [-0.4, -0.2) is 32.0 Å². The van der Waals surface area contributed by atoms with Crippen molar-refractivity contribution in [1.29, 1.82) is 0 Å². The van der Waals surface area contributed by atoms with Gasteiger partial charge in [-0.1, -0.05) is 6.42 Å². The first kappa shape index (κ1) is 14.9. The number of rotatable bonds is 5. The Morgan fingerprint density at radius 2 is 1.86 bits per heavy atom. The van der Waals surface area contributed by atoms with Gasteiger partial charge in [-0.15, -0.1) is 0 Å². The molecule has 2 amide bonds. The van der Waals surface area contributed by atoms with Crippen LogP contribution in [0.15, 0.2) is 18.2 Å². The summed E-state index contributed by atoms with van der Waals surface area (Å²) in [6, 6.07) is 5.84. The highest BCUT2D eigenvalue weighted by atomic mass is 16.2. The number of nitrogens with zero attached hydrogens (tertiary/aromatic N) is 1. The molecule has 5 heteroatoms. The van der Waals surface area contributed by atoms with Crippen LogP contribution >= 0.6 is 0 Å². The van der Waals surface area contributed by atoms with Gasteiger partial charge in [-0.05, 0) is 43.9 Å². The molecule has 0 saturated heterocycles. The molecule has 22 heavy (non-hydrogen) atoms. The third-order valence-electron chi connectivity index (χ3n) is 4.38. The Morgan fingerprint density at radius 1 is 1.14 bits per heavy atom. The molecule has 118 valence electrons. The second kappa shape index (κ2) is 5.99. The van der Waals surface area contributed by atoms with Gasteiger partial charge in [0.05, 0.1) is 5.56 Å². The Morgan fingerprint density at radius 3 is 2.41 bits per heavy atom. The van der Waals surface area contributed by atoms with Crippen molar-refractivity contribution in [2.75, 3.05) is 24.3 Å². The molecule has 0 spiro atoms. The number of anilines is 2. The number of carbonyl (C=O) groups excluding carboxylic acids is 2. The van der Waals surface area contributed by atoms with Crippen LogP contribution in [0.4, 0.5) is 11.4 Å². The topological polar surface area (TPSA) is 61.4 Å². The lowest BCUT2D eigenvalue weighted by atomic mass is 9.85. The minimum Gasteiger partial charge on any atom is -0.377 e. The molecule has 1 aromatic carbocycles. The van der Waals surface area contributed by atoms with Crippen LogP contribution in [0.3, 0.4) is 0 Å². The van der Waals surface area contributed by atoms with Crippen LogP contribution in [0.2, 0.25) is 0 Å². The maximum atomic E-state index is 12.4. The van der Waals surface area contributed by atoms with Crippen molar-refractivity contribution in [3.8, 4) is 0 Å². The first-order valence-electron chi connectivity index (χ1n) is 7.97. The van der Waals surface area contributed by atoms with E-state index in [-0.39, 0.29) is 17.7 Å². The summed E-state index contributed by atoms with van der Waals surface area (Å²) in [7, 11) is 3.83. The number of nitrogens with one attached hydrogen (secondary N) is 2. The number of hydrogen-bond donors (Lipinski definition) is 2. The quantitative estimate of drug-likeness (QED) is 0.878. The molecule has 2 fully saturated rings. The van der Waals surface area contributed by atoms with Crippen molar-refractivity contribution in [2.24, 2.45) is 5.92 Å². The number of carbonyl (C=O) groups is 2. The summed E-state index contributed by atoms with van der Waals surface area (Å²) in [4.78, 5) is 26.4. The Hall–Kier alpha value is -2.04. The molecule has 2 aliphatic rings. The maximum Gasteiger partial charge on any atom is 0.253 e. The zero-order valence-electron chi connectivity index (χ0n) is 13.2. The fraction of sp³-hybridized carbons (Fsp3) is 0.529. The van der Waals surface area contributed by atoms with Crippen molar-refractivity contribution in [2.45, 2.75) is 38.1 Å². The van der Waals surface area contributed by atoms with Gasteiger partial charge in [0.1, 0.15) is 0 Å². The van der Waals surface area contributed by atoms with Crippen LogP contribution in [0.5, 0.6) is 0 Å². The Bertz CT molecular complexity index is 590. The lowest BCUT2D eigenvalue weighted by Crippen LogP contribution is -2.29. The van der Waals surface area contributed by atoms with Crippen LogP contribution in [-0.2, 0) is 4.79 Å². The third-order valence-corrected chi connectivity index (χ3v) is 4.38. The monoisotopic (exact) mass is 301 g/mol. The van der Waals surface area contributed by atoms with Gasteiger partial charge < -0.3 is 15.5 Å². The molecule has 2 saturated carbocycles. The number of hydrogen-bond acceptors (Lipinski definition) is 3. The SMILES string of the molecule is CN(C)c1ccc(NC(=O)C2CCC2)cc1C(=O)NC1CC1. The zero-order chi connectivity index (χ0) is 15.7. The molecule has 0 unspecified atom stereocenters. The van der Waals surface area contributed by atoms with E-state index in [4.69, 9.17) is 0 Å². The maximum absolute atomic E-state index is 12.4. The van der Waals surface area contributed by atoms with E-state index in [0.29, 0.717) is 17.3 Å². The Balaban J connectivity index is 1.78. The molecule has 0 aliphatic heterocycles. The second-order valence-corrected chi connectivity index (χ2v) is 6.49. The summed E-state index contributed by atoms with van der Waals surface area (Å²) >= 11 is 0. The van der Waals surface area contributed by atoms with Crippen molar-refractivity contribution in [3.63, 3.8) is 0 Å². The van der Waals surface area contributed by atoms with Gasteiger partial charge in [-0.2, -0.15) is 0 Å². The summed E-state index contributed by atoms with van der Waals surface area (Å²) in [5.74, 6) is 0.139. The predicted molar refractivity (Wildman–Crippen MR) is 87.2 cm³/mol. The van der Waals surface area contributed by atoms with Gasteiger partial charge in [-0.25, -0.2) is 0 Å². The van der Waals surface area contributed by atoms with E-state index in [9.17, 15) is 9.59 Å². The Kier molecular flexibility index (Phi) is 4.05. The molecule has 0 bridgehead atoms. The second-order valence-electron chi connectivity index (χ2n) is 6.49. The smallest absolute Gasteiger partial charge is 0.253 e. The van der Waals surface area contributed by atoms with Gasteiger partial charge in [0.2, 0.25) is 5.91 Å². The average Bonchev–Trinajstić information content (AvgIpc) is 3.20. The summed E-state index contributed by atoms with van der Waals surface area (Å²) in [6.07, 6.45) is 5.18. The highest BCUT2D eigenvalue weighted by Gasteiger charge is 2.27. The highest BCUT2D eigenvalue weighted by Crippen LogP contribution is 2.29. The first-order chi connectivity index (χ1) is 10.5. The molecule has 0 heterocycles. The molecular formula is C17H23N3O2. The average molecular weight is 301 g/mol. The van der Waals surface area contributed by atoms with Gasteiger partial charge in [-0.3, -0.25) is 9.59 Å². The minimum atomic E-state index is -0.0639. The van der Waals surface area contributed by atoms with Gasteiger partial charge in [0, 0.05) is 37.4 Å². The van der Waals surface area contributed by atoms with Crippen molar-refractivity contribution >= 4 is 23.2 Å². The van der Waals surface area contributed by atoms with E-state index in [1.54, 1.807) is 6.07 Å². The van der Waals surface area contributed by atoms with Crippen LogP contribution < -0.4 is 15.5 Å². The third kappa shape index (κ3) is 3.24. The summed E-state index contributed by atoms with van der Waals surface area (Å²) in [6.45, 7) is 0. The first-order valence-corrected chi connectivity index (χ1v) is 7.97. The normalized spacial score (nSPS) is 17.5. The lowest BCUT2D eigenvalue weighted by molar-refractivity contribution is -0.122. The summed E-state index contributed by atoms with van der Waals surface area (Å²) < 4.78 is 0. The van der Waals surface area contributed by atoms with E-state index in [1.165, 1.54) is 0 Å². The summed E-state index contributed by atoms with van der Waals surface area (Å²) in [5, 5.41) is 5.95. The molecule has 2 N–H and O–H groups in total. The molecule has 3 rings (SSSR count). The van der Waals surface area contributed by atoms with Gasteiger partial charge in [0.25, 0.3) is 5.91 Å². The highest BCUT2D eigenvalue weighted by molar-refractivity contribution is 6.02. The number of benzene rings is 1. The zero-order valence-corrected chi connectivity index (χ0v) is 13.2. The predicted octanol–water partition coefficient (Wildman–Crippen LogP) is 2.38. The van der Waals surface area contributed by atoms with Crippen LogP contribution in [0, 0.1) is 5.92 Å². The van der Waals surface area contributed by atoms with Crippen LogP contribution in [0.1, 0.15) is 42.5 Å². The minimum absolute atomic E-state index is 0.0639. The van der Waals surface area contributed by atoms with Crippen molar-refractivity contribution in [3.05, 3.63) is 23.8 Å². The Labute approximate surface area is 131 Å². The molecule has 0 radical (unpaired) electrons. The standard InChI is InChI=1S/C17H23N3O2/c1-20(2)15-9-8-13(19-16(21)11-4-3-5-11)10-14(15)17(22)18-12-6-7-12/h8-12H,3-7H2,1-2H3,(H,18,22)(H,19,21). The van der Waals surface area contributed by atoms with E-state index in [1.807, 2.05) is 31.1 Å². The molecular weight excluding hydrogens is 278 g/mol. The molecule has 1 aromatic rings. The van der Waals surface area contributed by atoms with Gasteiger partial charge in [0.15, 0.2) is 0 Å². The van der Waals surface area contributed by atoms with E-state index in [2.05, 4.69) is 10.6 Å². The summed E-state index contributed by atoms with van der Waals surface area (Å²) in [5.41, 5.74) is 2.17. The fourth-order valence-corrected chi connectivity index (χ4v) is 2.59. The number of amides is 2.